The summed E-state index contributed by atoms with van der Waals surface area (Å²) in [7, 11) is 0. The fourth-order valence-corrected chi connectivity index (χ4v) is 4.22. The number of aliphatic hydroxyl groups excluding tert-OH is 1. The van der Waals surface area contributed by atoms with Gasteiger partial charge in [-0.1, -0.05) is 19.8 Å². The average molecular weight is 296 g/mol. The average Bonchev–Trinajstić information content (AvgIpc) is 2.96. The van der Waals surface area contributed by atoms with Gasteiger partial charge in [0.15, 0.2) is 0 Å². The fraction of sp³-hybridized carbons (Fsp3) is 1.00. The predicted molar refractivity (Wildman–Crippen MR) is 89.6 cm³/mol. The minimum atomic E-state index is -0.0848. The lowest BCUT2D eigenvalue weighted by Gasteiger charge is -2.40. The third kappa shape index (κ3) is 4.94. The molecule has 1 aliphatic heterocycles. The maximum absolute atomic E-state index is 9.61. The molecule has 1 atom stereocenters. The molecule has 21 heavy (non-hydrogen) atoms. The molecule has 1 spiro atoms. The van der Waals surface area contributed by atoms with E-state index in [9.17, 15) is 5.11 Å². The highest BCUT2D eigenvalue weighted by Gasteiger charge is 2.36. The van der Waals surface area contributed by atoms with Crippen LogP contribution in [0, 0.1) is 5.41 Å². The molecule has 2 N–H and O–H groups in total. The molecule has 0 amide bonds. The summed E-state index contributed by atoms with van der Waals surface area (Å²) in [5.41, 5.74) is 0.650. The summed E-state index contributed by atoms with van der Waals surface area (Å²) in [6.45, 7) is 9.40. The Labute approximate surface area is 131 Å². The molecule has 1 saturated heterocycles. The van der Waals surface area contributed by atoms with E-state index in [0.717, 1.165) is 24.8 Å². The SMILES string of the molecule is CCCNC(C)(CO)CCCN1CCC2(CCCC2)CC1. The number of likely N-dealkylation sites (tertiary alicyclic amines) is 1. The van der Waals surface area contributed by atoms with E-state index >= 15 is 0 Å². The summed E-state index contributed by atoms with van der Waals surface area (Å²) >= 11 is 0. The van der Waals surface area contributed by atoms with E-state index in [1.165, 1.54) is 64.6 Å². The highest BCUT2D eigenvalue weighted by atomic mass is 16.3. The van der Waals surface area contributed by atoms with Crippen LogP contribution in [0.4, 0.5) is 0 Å². The largest absolute Gasteiger partial charge is 0.394 e. The highest BCUT2D eigenvalue weighted by molar-refractivity contribution is 4.90. The first-order valence-corrected chi connectivity index (χ1v) is 9.20. The first kappa shape index (κ1) is 17.2. The number of rotatable bonds is 8. The lowest BCUT2D eigenvalue weighted by atomic mass is 9.77. The van der Waals surface area contributed by atoms with E-state index < -0.39 is 0 Å². The number of hydrogen-bond acceptors (Lipinski definition) is 3. The van der Waals surface area contributed by atoms with Crippen LogP contribution >= 0.6 is 0 Å². The van der Waals surface area contributed by atoms with Gasteiger partial charge in [-0.2, -0.15) is 0 Å². The predicted octanol–water partition coefficient (Wildman–Crippen LogP) is 3.17. The number of nitrogens with zero attached hydrogens (tertiary/aromatic N) is 1. The van der Waals surface area contributed by atoms with Crippen LogP contribution in [0.5, 0.6) is 0 Å². The Balaban J connectivity index is 1.65. The molecule has 2 fully saturated rings. The monoisotopic (exact) mass is 296 g/mol. The molecule has 1 heterocycles. The molecule has 3 heteroatoms. The zero-order chi connectivity index (χ0) is 15.2. The first-order chi connectivity index (χ1) is 10.1. The number of hydrogen-bond donors (Lipinski definition) is 2. The molecular formula is C18H36N2O. The maximum Gasteiger partial charge on any atom is 0.0610 e. The van der Waals surface area contributed by atoms with Crippen molar-refractivity contribution in [3.05, 3.63) is 0 Å². The van der Waals surface area contributed by atoms with Crippen LogP contribution in [0.25, 0.3) is 0 Å². The molecule has 0 radical (unpaired) electrons. The van der Waals surface area contributed by atoms with Gasteiger partial charge in [-0.25, -0.2) is 0 Å². The van der Waals surface area contributed by atoms with Gasteiger partial charge < -0.3 is 15.3 Å². The Kier molecular flexibility index (Phi) is 6.51. The number of aliphatic hydroxyl groups is 1. The van der Waals surface area contributed by atoms with E-state index in [0.29, 0.717) is 0 Å². The Morgan fingerprint density at radius 1 is 1.14 bits per heavy atom. The van der Waals surface area contributed by atoms with Crippen LogP contribution in [0.15, 0.2) is 0 Å². The minimum absolute atomic E-state index is 0.0848. The first-order valence-electron chi connectivity index (χ1n) is 9.20. The summed E-state index contributed by atoms with van der Waals surface area (Å²) < 4.78 is 0. The summed E-state index contributed by atoms with van der Waals surface area (Å²) in [5.74, 6) is 0. The van der Waals surface area contributed by atoms with Crippen LogP contribution in [0.2, 0.25) is 0 Å². The zero-order valence-electron chi connectivity index (χ0n) is 14.3. The van der Waals surface area contributed by atoms with Crippen LogP contribution in [-0.2, 0) is 0 Å². The lowest BCUT2D eigenvalue weighted by Crippen LogP contribution is -2.47. The molecule has 124 valence electrons. The number of piperidine rings is 1. The molecule has 1 unspecified atom stereocenters. The maximum atomic E-state index is 9.61. The zero-order valence-corrected chi connectivity index (χ0v) is 14.3. The summed E-state index contributed by atoms with van der Waals surface area (Å²) in [4.78, 5) is 2.65. The molecule has 2 rings (SSSR count). The molecular weight excluding hydrogens is 260 g/mol. The van der Waals surface area contributed by atoms with Crippen molar-refractivity contribution in [3.63, 3.8) is 0 Å². The minimum Gasteiger partial charge on any atom is -0.394 e. The Hall–Kier alpha value is -0.120. The standard InChI is InChI=1S/C18H36N2O/c1-3-12-19-17(2,16-21)7-6-13-20-14-10-18(11-15-20)8-4-5-9-18/h19,21H,3-16H2,1-2H3. The van der Waals surface area contributed by atoms with E-state index in [1.54, 1.807) is 0 Å². The fourth-order valence-electron chi connectivity index (χ4n) is 4.22. The van der Waals surface area contributed by atoms with E-state index in [2.05, 4.69) is 24.1 Å². The van der Waals surface area contributed by atoms with Gasteiger partial charge in [-0.15, -0.1) is 0 Å². The van der Waals surface area contributed by atoms with Gasteiger partial charge in [0.25, 0.3) is 0 Å². The van der Waals surface area contributed by atoms with Crippen molar-refractivity contribution < 1.29 is 5.11 Å². The molecule has 1 saturated carbocycles. The second kappa shape index (κ2) is 7.94. The third-order valence-corrected chi connectivity index (χ3v) is 5.93. The van der Waals surface area contributed by atoms with Crippen LogP contribution < -0.4 is 5.32 Å². The third-order valence-electron chi connectivity index (χ3n) is 5.93. The topological polar surface area (TPSA) is 35.5 Å². The van der Waals surface area contributed by atoms with Crippen LogP contribution in [0.1, 0.15) is 71.6 Å². The van der Waals surface area contributed by atoms with Crippen molar-refractivity contribution in [3.8, 4) is 0 Å². The van der Waals surface area contributed by atoms with Gasteiger partial charge >= 0.3 is 0 Å². The molecule has 0 aromatic heterocycles. The smallest absolute Gasteiger partial charge is 0.0610 e. The Morgan fingerprint density at radius 3 is 2.38 bits per heavy atom. The van der Waals surface area contributed by atoms with Crippen molar-refractivity contribution in [1.29, 1.82) is 0 Å². The van der Waals surface area contributed by atoms with E-state index in [1.807, 2.05) is 0 Å². The second-order valence-corrected chi connectivity index (χ2v) is 7.80. The molecule has 0 aromatic rings. The normalized spacial score (nSPS) is 25.3. The van der Waals surface area contributed by atoms with Crippen molar-refractivity contribution in [2.24, 2.45) is 5.41 Å². The summed E-state index contributed by atoms with van der Waals surface area (Å²) in [6.07, 6.45) is 12.2. The van der Waals surface area contributed by atoms with Gasteiger partial charge in [0, 0.05) is 5.54 Å². The van der Waals surface area contributed by atoms with Crippen LogP contribution in [-0.4, -0.2) is 48.3 Å². The van der Waals surface area contributed by atoms with Crippen molar-refractivity contribution in [1.82, 2.24) is 10.2 Å². The van der Waals surface area contributed by atoms with Crippen molar-refractivity contribution >= 4 is 0 Å². The van der Waals surface area contributed by atoms with Gasteiger partial charge in [-0.05, 0) is 83.5 Å². The van der Waals surface area contributed by atoms with Crippen LogP contribution in [0.3, 0.4) is 0 Å². The Morgan fingerprint density at radius 2 is 1.81 bits per heavy atom. The van der Waals surface area contributed by atoms with E-state index in [4.69, 9.17) is 0 Å². The molecule has 3 nitrogen and oxygen atoms in total. The summed E-state index contributed by atoms with van der Waals surface area (Å²) in [5, 5.41) is 13.1. The molecule has 0 aromatic carbocycles. The second-order valence-electron chi connectivity index (χ2n) is 7.80. The molecule has 1 aliphatic carbocycles. The lowest BCUT2D eigenvalue weighted by molar-refractivity contribution is 0.101. The van der Waals surface area contributed by atoms with E-state index in [-0.39, 0.29) is 12.1 Å². The van der Waals surface area contributed by atoms with Crippen molar-refractivity contribution in [2.75, 3.05) is 32.8 Å². The van der Waals surface area contributed by atoms with Gasteiger partial charge in [0.2, 0.25) is 0 Å². The molecule has 2 aliphatic rings. The quantitative estimate of drug-likeness (QED) is 0.722. The van der Waals surface area contributed by atoms with Gasteiger partial charge in [-0.3, -0.25) is 0 Å². The Bertz CT molecular complexity index is 292. The summed E-state index contributed by atoms with van der Waals surface area (Å²) in [6, 6.07) is 0. The molecule has 0 bridgehead atoms. The highest BCUT2D eigenvalue weighted by Crippen LogP contribution is 2.46. The van der Waals surface area contributed by atoms with Gasteiger partial charge in [0.05, 0.1) is 6.61 Å². The van der Waals surface area contributed by atoms with Gasteiger partial charge in [0.1, 0.15) is 0 Å². The van der Waals surface area contributed by atoms with Crippen molar-refractivity contribution in [2.45, 2.75) is 77.2 Å². The number of nitrogens with one attached hydrogen (secondary N) is 1.